The molecule has 5 heteroatoms. The fourth-order valence-electron chi connectivity index (χ4n) is 1.73. The Balaban J connectivity index is 2.23. The number of nitriles is 1. The fourth-order valence-corrected chi connectivity index (χ4v) is 1.73. The van der Waals surface area contributed by atoms with Gasteiger partial charge in [0.25, 0.3) is 0 Å². The Labute approximate surface area is 123 Å². The van der Waals surface area contributed by atoms with Crippen LogP contribution in [0.1, 0.15) is 17.1 Å². The van der Waals surface area contributed by atoms with Crippen LogP contribution in [0.15, 0.2) is 41.3 Å². The third-order valence-electron chi connectivity index (χ3n) is 2.70. The van der Waals surface area contributed by atoms with E-state index in [2.05, 4.69) is 16.9 Å². The Morgan fingerprint density at radius 1 is 1.43 bits per heavy atom. The van der Waals surface area contributed by atoms with Gasteiger partial charge in [0.1, 0.15) is 11.8 Å². The molecule has 2 aromatic rings. The van der Waals surface area contributed by atoms with Crippen LogP contribution in [0.4, 0.5) is 5.88 Å². The second-order valence-corrected chi connectivity index (χ2v) is 4.09. The lowest BCUT2D eigenvalue weighted by Crippen LogP contribution is -1.97. The van der Waals surface area contributed by atoms with Crippen LogP contribution >= 0.6 is 0 Å². The van der Waals surface area contributed by atoms with E-state index >= 15 is 0 Å². The maximum absolute atomic E-state index is 9.02. The molecule has 0 saturated carbocycles. The number of para-hydroxylation sites is 1. The summed E-state index contributed by atoms with van der Waals surface area (Å²) in [6, 6.07) is 9.58. The lowest BCUT2D eigenvalue weighted by Gasteiger charge is -2.02. The van der Waals surface area contributed by atoms with Crippen molar-refractivity contribution in [2.75, 3.05) is 19.0 Å². The molecular formula is C16H15N3O2. The number of nitrogens with zero attached hydrogens (tertiary/aromatic N) is 2. The van der Waals surface area contributed by atoms with Crippen LogP contribution in [0.2, 0.25) is 0 Å². The Kier molecular flexibility index (Phi) is 4.78. The van der Waals surface area contributed by atoms with Crippen molar-refractivity contribution < 1.29 is 9.15 Å². The summed E-state index contributed by atoms with van der Waals surface area (Å²) in [4.78, 5) is 4.10. The molecule has 0 fully saturated rings. The Bertz CT molecular complexity index is 696. The van der Waals surface area contributed by atoms with Gasteiger partial charge >= 0.3 is 0 Å². The number of oxazole rings is 1. The topological polar surface area (TPSA) is 71.1 Å². The van der Waals surface area contributed by atoms with Crippen molar-refractivity contribution in [3.8, 4) is 11.8 Å². The first-order valence-corrected chi connectivity index (χ1v) is 6.35. The van der Waals surface area contributed by atoms with E-state index in [4.69, 9.17) is 14.4 Å². The third kappa shape index (κ3) is 3.51. The second-order valence-electron chi connectivity index (χ2n) is 4.09. The van der Waals surface area contributed by atoms with Crippen LogP contribution in [0.3, 0.4) is 0 Å². The molecule has 0 bridgehead atoms. The maximum atomic E-state index is 9.02. The van der Waals surface area contributed by atoms with Crippen molar-refractivity contribution >= 4 is 18.0 Å². The highest BCUT2D eigenvalue weighted by Gasteiger charge is 2.10. The number of benzene rings is 1. The average Bonchev–Trinajstić information content (AvgIpc) is 2.93. The molecule has 0 saturated heterocycles. The molecule has 5 nitrogen and oxygen atoms in total. The first-order chi connectivity index (χ1) is 10.3. The first-order valence-electron chi connectivity index (χ1n) is 6.35. The zero-order valence-electron chi connectivity index (χ0n) is 11.7. The van der Waals surface area contributed by atoms with Crippen molar-refractivity contribution in [1.29, 1.82) is 5.26 Å². The lowest BCUT2D eigenvalue weighted by molar-refractivity contribution is 0.414. The number of aromatic nitrogens is 1. The van der Waals surface area contributed by atoms with E-state index in [9.17, 15) is 0 Å². The highest BCUT2D eigenvalue weighted by atomic mass is 16.5. The summed E-state index contributed by atoms with van der Waals surface area (Å²) in [6.45, 7) is 4.10. The van der Waals surface area contributed by atoms with E-state index in [1.54, 1.807) is 19.3 Å². The van der Waals surface area contributed by atoms with Gasteiger partial charge in [-0.3, -0.25) is 0 Å². The molecule has 21 heavy (non-hydrogen) atoms. The van der Waals surface area contributed by atoms with E-state index in [1.165, 1.54) is 0 Å². The molecule has 2 rings (SSSR count). The Morgan fingerprint density at radius 2 is 2.24 bits per heavy atom. The van der Waals surface area contributed by atoms with Gasteiger partial charge in [0.2, 0.25) is 17.5 Å². The van der Waals surface area contributed by atoms with Crippen molar-refractivity contribution in [2.24, 2.45) is 0 Å². The molecule has 106 valence electrons. The van der Waals surface area contributed by atoms with Crippen LogP contribution in [-0.4, -0.2) is 18.6 Å². The molecule has 0 atom stereocenters. The summed E-state index contributed by atoms with van der Waals surface area (Å²) in [5.74, 6) is 1.45. The molecule has 0 radical (unpaired) electrons. The van der Waals surface area contributed by atoms with Crippen LogP contribution in [0.5, 0.6) is 5.75 Å². The SMILES string of the molecule is C=CCNc1oc(C=Cc2ccccc2OC)nc1C#N. The van der Waals surface area contributed by atoms with Crippen LogP contribution < -0.4 is 10.1 Å². The van der Waals surface area contributed by atoms with Crippen molar-refractivity contribution in [3.63, 3.8) is 0 Å². The van der Waals surface area contributed by atoms with E-state index in [0.717, 1.165) is 11.3 Å². The molecule has 0 spiro atoms. The van der Waals surface area contributed by atoms with E-state index in [-0.39, 0.29) is 5.69 Å². The van der Waals surface area contributed by atoms with Crippen LogP contribution in [0, 0.1) is 11.3 Å². The summed E-state index contributed by atoms with van der Waals surface area (Å²) < 4.78 is 10.7. The van der Waals surface area contributed by atoms with Crippen LogP contribution in [0.25, 0.3) is 12.2 Å². The number of rotatable bonds is 6. The molecule has 1 aromatic heterocycles. The monoisotopic (exact) mass is 281 g/mol. The summed E-state index contributed by atoms with van der Waals surface area (Å²) in [5.41, 5.74) is 1.12. The number of hydrogen-bond donors (Lipinski definition) is 1. The molecule has 0 unspecified atom stereocenters. The molecule has 1 N–H and O–H groups in total. The van der Waals surface area contributed by atoms with Gasteiger partial charge in [-0.25, -0.2) is 0 Å². The Morgan fingerprint density at radius 3 is 2.95 bits per heavy atom. The smallest absolute Gasteiger partial charge is 0.232 e. The van der Waals surface area contributed by atoms with Gasteiger partial charge in [-0.2, -0.15) is 10.2 Å². The largest absolute Gasteiger partial charge is 0.496 e. The normalized spacial score (nSPS) is 10.3. The molecule has 1 heterocycles. The minimum absolute atomic E-state index is 0.219. The van der Waals surface area contributed by atoms with Crippen molar-refractivity contribution in [1.82, 2.24) is 4.98 Å². The average molecular weight is 281 g/mol. The van der Waals surface area contributed by atoms with Crippen LogP contribution in [-0.2, 0) is 0 Å². The number of ether oxygens (including phenoxy) is 1. The lowest BCUT2D eigenvalue weighted by atomic mass is 10.2. The summed E-state index contributed by atoms with van der Waals surface area (Å²) in [7, 11) is 1.61. The second kappa shape index (κ2) is 6.96. The van der Waals surface area contributed by atoms with Gasteiger partial charge in [0.15, 0.2) is 0 Å². The van der Waals surface area contributed by atoms with Gasteiger partial charge in [-0.15, -0.1) is 6.58 Å². The Hall–Kier alpha value is -3.00. The number of anilines is 1. The predicted molar refractivity (Wildman–Crippen MR) is 81.8 cm³/mol. The number of nitrogens with one attached hydrogen (secondary N) is 1. The summed E-state index contributed by atoms with van der Waals surface area (Å²) in [5, 5.41) is 11.9. The third-order valence-corrected chi connectivity index (χ3v) is 2.70. The van der Waals surface area contributed by atoms with Crippen molar-refractivity contribution in [3.05, 3.63) is 54.1 Å². The minimum Gasteiger partial charge on any atom is -0.496 e. The fraction of sp³-hybridized carbons (Fsp3) is 0.125. The standard InChI is InChI=1S/C16H15N3O2/c1-3-10-18-16-13(11-17)19-15(21-16)9-8-12-6-4-5-7-14(12)20-2/h3-9,18H,1,10H2,2H3. The summed E-state index contributed by atoms with van der Waals surface area (Å²) in [6.07, 6.45) is 5.19. The number of hydrogen-bond acceptors (Lipinski definition) is 5. The highest BCUT2D eigenvalue weighted by molar-refractivity contribution is 5.70. The summed E-state index contributed by atoms with van der Waals surface area (Å²) >= 11 is 0. The highest BCUT2D eigenvalue weighted by Crippen LogP contribution is 2.22. The molecule has 0 aliphatic carbocycles. The predicted octanol–water partition coefficient (Wildman–Crippen LogP) is 3.32. The molecule has 1 aromatic carbocycles. The molecule has 0 aliphatic rings. The van der Waals surface area contributed by atoms with E-state index in [0.29, 0.717) is 18.3 Å². The zero-order chi connectivity index (χ0) is 15.1. The van der Waals surface area contributed by atoms with Gasteiger partial charge in [0, 0.05) is 18.2 Å². The zero-order valence-corrected chi connectivity index (χ0v) is 11.7. The van der Waals surface area contributed by atoms with Gasteiger partial charge < -0.3 is 14.5 Å². The number of methoxy groups -OCH3 is 1. The van der Waals surface area contributed by atoms with Crippen molar-refractivity contribution in [2.45, 2.75) is 0 Å². The van der Waals surface area contributed by atoms with Gasteiger partial charge in [-0.05, 0) is 12.1 Å². The van der Waals surface area contributed by atoms with E-state index in [1.807, 2.05) is 36.4 Å². The van der Waals surface area contributed by atoms with Gasteiger partial charge in [-0.1, -0.05) is 24.3 Å². The maximum Gasteiger partial charge on any atom is 0.232 e. The van der Waals surface area contributed by atoms with Gasteiger partial charge in [0.05, 0.1) is 7.11 Å². The first kappa shape index (κ1) is 14.4. The molecule has 0 amide bonds. The minimum atomic E-state index is 0.219. The quantitative estimate of drug-likeness (QED) is 0.822. The van der Waals surface area contributed by atoms with E-state index < -0.39 is 0 Å². The molecule has 0 aliphatic heterocycles. The molecular weight excluding hydrogens is 266 g/mol.